The third-order valence-electron chi connectivity index (χ3n) is 11.5. The van der Waals surface area contributed by atoms with Gasteiger partial charge >= 0.3 is 7.12 Å². The van der Waals surface area contributed by atoms with Crippen LogP contribution in [0.25, 0.3) is 98.6 Å². The number of halogens is 5. The number of alkyl halides is 2. The van der Waals surface area contributed by atoms with E-state index in [0.29, 0.717) is 5.46 Å². The molecule has 2 heterocycles. The van der Waals surface area contributed by atoms with Crippen LogP contribution in [-0.2, 0) is 0 Å². The molecule has 0 saturated carbocycles. The summed E-state index contributed by atoms with van der Waals surface area (Å²) in [5.41, 5.74) is 8.19. The van der Waals surface area contributed by atoms with Crippen molar-refractivity contribution < 1.29 is 18.9 Å². The second-order valence-electron chi connectivity index (χ2n) is 15.3. The molecule has 12 aromatic rings. The molecule has 0 spiro atoms. The van der Waals surface area contributed by atoms with E-state index < -0.39 is 7.12 Å². The Hall–Kier alpha value is -4.55. The van der Waals surface area contributed by atoms with E-state index in [0.717, 1.165) is 51.7 Å². The van der Waals surface area contributed by atoms with Gasteiger partial charge in [0.25, 0.3) is 0 Å². The Kier molecular flexibility index (Phi) is 17.1. The van der Waals surface area contributed by atoms with Gasteiger partial charge in [-0.1, -0.05) is 259 Å². The number of hydrogen-bond acceptors (Lipinski definition) is 4. The number of hydrogen-bond donors (Lipinski definition) is 2. The fourth-order valence-electron chi connectivity index (χ4n) is 8.61. The van der Waals surface area contributed by atoms with Gasteiger partial charge in [-0.2, -0.15) is 0 Å². The quantitative estimate of drug-likeness (QED) is 0.0798. The maximum atomic E-state index is 8.65. The third kappa shape index (κ3) is 10.3. The van der Waals surface area contributed by atoms with E-state index in [9.17, 15) is 0 Å². The Morgan fingerprint density at radius 2 is 0.706 bits per heavy atom. The van der Waals surface area contributed by atoms with Gasteiger partial charge in [-0.15, -0.1) is 0 Å². The van der Waals surface area contributed by atoms with E-state index >= 15 is 0 Å². The molecule has 0 amide bonds. The standard InChI is InChI=1S/C28H17BrO.C22H13IO.C6H6BBrO2.2CH3I/c29-20-16-14-19(15-17-20)27-25(18-8-2-1-3-9-18)26-23-12-6-4-10-21(23)22-11-5-7-13-24(22)28(26)30-27;23-22-19(14-8-2-1-3-9-14)20-17-12-6-4-10-15(17)16-11-5-7-13-18(16)21(20)24-22;8-6-3-1-5(2-4-6)7(9)10;2*1-2/h1-17H;1-13H;1-4,9-10H;2*1H3. The summed E-state index contributed by atoms with van der Waals surface area (Å²) >= 11 is 13.4. The van der Waals surface area contributed by atoms with E-state index in [-0.39, 0.29) is 0 Å². The molecule has 336 valence electrons. The van der Waals surface area contributed by atoms with Crippen LogP contribution in [0.1, 0.15) is 0 Å². The highest BCUT2D eigenvalue weighted by Crippen LogP contribution is 2.48. The zero-order chi connectivity index (χ0) is 47.7. The maximum absolute atomic E-state index is 8.65. The van der Waals surface area contributed by atoms with Gasteiger partial charge in [-0.3, -0.25) is 0 Å². The van der Waals surface area contributed by atoms with Crippen LogP contribution in [0.2, 0.25) is 0 Å². The first-order chi connectivity index (χ1) is 33.4. The highest BCUT2D eigenvalue weighted by Gasteiger charge is 2.23. The summed E-state index contributed by atoms with van der Waals surface area (Å²) in [6.07, 6.45) is 0. The van der Waals surface area contributed by atoms with Crippen molar-refractivity contribution in [2.75, 3.05) is 9.86 Å². The van der Waals surface area contributed by atoms with Crippen LogP contribution in [0.5, 0.6) is 0 Å². The van der Waals surface area contributed by atoms with Crippen LogP contribution < -0.4 is 5.46 Å². The van der Waals surface area contributed by atoms with Crippen molar-refractivity contribution >= 4 is 177 Å². The minimum Gasteiger partial charge on any atom is -0.455 e. The molecule has 0 aliphatic carbocycles. The smallest absolute Gasteiger partial charge is 0.455 e. The van der Waals surface area contributed by atoms with Gasteiger partial charge in [-0.05, 0) is 83.0 Å². The van der Waals surface area contributed by atoms with Gasteiger partial charge in [0.1, 0.15) is 16.9 Å². The second-order valence-corrected chi connectivity index (χ2v) is 18.1. The van der Waals surface area contributed by atoms with Crippen LogP contribution in [0.4, 0.5) is 0 Å². The lowest BCUT2D eigenvalue weighted by molar-refractivity contribution is 0.426. The van der Waals surface area contributed by atoms with Crippen molar-refractivity contribution in [3.05, 3.63) is 219 Å². The first kappa shape index (κ1) is 49.9. The molecule has 68 heavy (non-hydrogen) atoms. The number of benzene rings is 10. The van der Waals surface area contributed by atoms with Crippen molar-refractivity contribution in [2.24, 2.45) is 0 Å². The van der Waals surface area contributed by atoms with Crippen LogP contribution in [-0.4, -0.2) is 27.0 Å². The molecule has 4 nitrogen and oxygen atoms in total. The zero-order valence-electron chi connectivity index (χ0n) is 36.8. The Morgan fingerprint density at radius 1 is 0.368 bits per heavy atom. The predicted molar refractivity (Wildman–Crippen MR) is 323 cm³/mol. The lowest BCUT2D eigenvalue weighted by atomic mass is 9.81. The molecule has 0 fully saturated rings. The second kappa shape index (κ2) is 23.4. The highest BCUT2D eigenvalue weighted by molar-refractivity contribution is 14.1. The summed E-state index contributed by atoms with van der Waals surface area (Å²) in [5.74, 6) is 0.908. The lowest BCUT2D eigenvalue weighted by Gasteiger charge is -2.08. The largest absolute Gasteiger partial charge is 0.488 e. The van der Waals surface area contributed by atoms with Crippen molar-refractivity contribution in [3.8, 4) is 33.6 Å². The molecule has 0 aliphatic heterocycles. The minimum atomic E-state index is -1.37. The van der Waals surface area contributed by atoms with Crippen molar-refractivity contribution in [2.45, 2.75) is 0 Å². The summed E-state index contributed by atoms with van der Waals surface area (Å²) in [6.45, 7) is 0. The molecule has 0 aliphatic rings. The van der Waals surface area contributed by atoms with Crippen molar-refractivity contribution in [1.82, 2.24) is 0 Å². The van der Waals surface area contributed by atoms with Crippen LogP contribution >= 0.6 is 99.6 Å². The van der Waals surface area contributed by atoms with E-state index in [1.807, 2.05) is 15.9 Å². The molecule has 12 rings (SSSR count). The van der Waals surface area contributed by atoms with E-state index in [2.05, 4.69) is 276 Å². The summed E-state index contributed by atoms with van der Waals surface area (Å²) in [7, 11) is -1.37. The Balaban J connectivity index is 0.000000147. The van der Waals surface area contributed by atoms with E-state index in [1.165, 1.54) is 59.6 Å². The van der Waals surface area contributed by atoms with E-state index in [1.54, 1.807) is 24.3 Å². The average molecular weight is 1350 g/mol. The predicted octanol–water partition coefficient (Wildman–Crippen LogP) is 18.1. The van der Waals surface area contributed by atoms with Crippen molar-refractivity contribution in [3.63, 3.8) is 0 Å². The Labute approximate surface area is 453 Å². The zero-order valence-corrected chi connectivity index (χ0v) is 46.5. The molecule has 0 unspecified atom stereocenters. The molecular weight excluding hydrogens is 1310 g/mol. The minimum absolute atomic E-state index is 0.503. The molecule has 10 heteroatoms. The monoisotopic (exact) mass is 1350 g/mol. The molecule has 10 aromatic carbocycles. The molecular formula is C58H42BBr2I3O4. The molecule has 2 N–H and O–H groups in total. The van der Waals surface area contributed by atoms with Gasteiger partial charge in [0.05, 0.1) is 0 Å². The summed E-state index contributed by atoms with van der Waals surface area (Å²) in [6, 6.07) is 70.5. The normalized spacial score (nSPS) is 10.7. The summed E-state index contributed by atoms with van der Waals surface area (Å²) < 4.78 is 15.9. The van der Waals surface area contributed by atoms with Crippen LogP contribution in [0.3, 0.4) is 0 Å². The fourth-order valence-corrected chi connectivity index (χ4v) is 9.94. The van der Waals surface area contributed by atoms with Gasteiger partial charge in [0.2, 0.25) is 0 Å². The fraction of sp³-hybridized carbons (Fsp3) is 0.0345. The molecule has 0 atom stereocenters. The van der Waals surface area contributed by atoms with Gasteiger partial charge < -0.3 is 18.9 Å². The topological polar surface area (TPSA) is 66.7 Å². The summed E-state index contributed by atoms with van der Waals surface area (Å²) in [4.78, 5) is 3.94. The van der Waals surface area contributed by atoms with Gasteiger partial charge in [-0.25, -0.2) is 0 Å². The van der Waals surface area contributed by atoms with Crippen LogP contribution in [0, 0.1) is 3.77 Å². The maximum Gasteiger partial charge on any atom is 0.488 e. The summed E-state index contributed by atoms with van der Waals surface area (Å²) in [5, 5.41) is 29.5. The van der Waals surface area contributed by atoms with Crippen LogP contribution in [0.15, 0.2) is 224 Å². The third-order valence-corrected chi connectivity index (χ3v) is 13.3. The highest BCUT2D eigenvalue weighted by atomic mass is 127. The number of fused-ring (bicyclic) bond motifs is 12. The lowest BCUT2D eigenvalue weighted by Crippen LogP contribution is -2.29. The first-order valence-electron chi connectivity index (χ1n) is 21.5. The molecule has 0 radical (unpaired) electrons. The van der Waals surface area contributed by atoms with Gasteiger partial charge in [0, 0.05) is 69.8 Å². The van der Waals surface area contributed by atoms with Gasteiger partial charge in [0.15, 0.2) is 3.77 Å². The first-order valence-corrected chi connectivity index (χ1v) is 28.4. The Morgan fingerprint density at radius 3 is 1.15 bits per heavy atom. The van der Waals surface area contributed by atoms with E-state index in [4.69, 9.17) is 18.9 Å². The molecule has 2 aromatic heterocycles. The SMILES string of the molecule is Brc1ccc(-c2oc3c4ccccc4c4ccccc4c3c2-c2ccccc2)cc1.CI.CI.Ic1oc2c3ccccc3c3ccccc3c2c1-c1ccccc1.OB(O)c1ccc(Br)cc1. The molecule has 0 saturated heterocycles. The number of rotatable bonds is 4. The average Bonchev–Trinajstić information content (AvgIpc) is 3.98. The van der Waals surface area contributed by atoms with Crippen molar-refractivity contribution in [1.29, 1.82) is 0 Å². The Bertz CT molecular complexity index is 3620. The molecule has 0 bridgehead atoms. The number of furan rings is 2.